The molecule has 0 saturated heterocycles. The first kappa shape index (κ1) is 15.9. The van der Waals surface area contributed by atoms with Gasteiger partial charge in [-0.2, -0.15) is 0 Å². The lowest BCUT2D eigenvalue weighted by Crippen LogP contribution is -2.36. The zero-order valence-corrected chi connectivity index (χ0v) is 13.1. The van der Waals surface area contributed by atoms with Crippen molar-refractivity contribution in [2.75, 3.05) is 4.90 Å². The standard InChI is InChI=1S/C18H21NO3/c1-18(2,3)22-17(21)19(15-7-5-4-6-8-15)13-14-9-11-16(20)12-10-14/h4-12,20H,13H2,1-3H3. The Morgan fingerprint density at radius 3 is 2.18 bits per heavy atom. The SMILES string of the molecule is CC(C)(C)OC(=O)N(Cc1ccc(O)cc1)c1ccccc1. The number of anilines is 1. The number of carbonyl (C=O) groups is 1. The summed E-state index contributed by atoms with van der Waals surface area (Å²) in [6.07, 6.45) is -0.397. The van der Waals surface area contributed by atoms with E-state index in [4.69, 9.17) is 4.74 Å². The molecule has 0 aliphatic heterocycles. The van der Waals surface area contributed by atoms with Crippen LogP contribution in [0.25, 0.3) is 0 Å². The van der Waals surface area contributed by atoms with Gasteiger partial charge in [-0.3, -0.25) is 4.90 Å². The Labute approximate surface area is 131 Å². The molecule has 0 radical (unpaired) electrons. The monoisotopic (exact) mass is 299 g/mol. The maximum atomic E-state index is 12.5. The van der Waals surface area contributed by atoms with Crippen LogP contribution in [0.3, 0.4) is 0 Å². The molecule has 2 aromatic carbocycles. The lowest BCUT2D eigenvalue weighted by Gasteiger charge is -2.27. The van der Waals surface area contributed by atoms with Gasteiger partial charge < -0.3 is 9.84 Å². The van der Waals surface area contributed by atoms with Crippen LogP contribution >= 0.6 is 0 Å². The molecule has 1 N–H and O–H groups in total. The predicted molar refractivity (Wildman–Crippen MR) is 87.0 cm³/mol. The molecule has 2 rings (SSSR count). The number of phenolic OH excluding ortho intramolecular Hbond substituents is 1. The molecule has 4 nitrogen and oxygen atoms in total. The predicted octanol–water partition coefficient (Wildman–Crippen LogP) is 4.33. The van der Waals surface area contributed by atoms with Crippen LogP contribution in [0, 0.1) is 0 Å². The highest BCUT2D eigenvalue weighted by Gasteiger charge is 2.23. The van der Waals surface area contributed by atoms with Crippen LogP contribution in [0.5, 0.6) is 5.75 Å². The van der Waals surface area contributed by atoms with Crippen LogP contribution in [0.2, 0.25) is 0 Å². The Hall–Kier alpha value is -2.49. The maximum absolute atomic E-state index is 12.5. The van der Waals surface area contributed by atoms with Gasteiger partial charge in [0.15, 0.2) is 0 Å². The fourth-order valence-electron chi connectivity index (χ4n) is 1.97. The van der Waals surface area contributed by atoms with E-state index in [1.807, 2.05) is 51.1 Å². The Bertz CT molecular complexity index is 615. The number of para-hydroxylation sites is 1. The molecule has 0 unspecified atom stereocenters. The summed E-state index contributed by atoms with van der Waals surface area (Å²) in [7, 11) is 0. The zero-order valence-electron chi connectivity index (χ0n) is 13.1. The molecule has 0 atom stereocenters. The highest BCUT2D eigenvalue weighted by molar-refractivity contribution is 5.87. The van der Waals surface area contributed by atoms with Crippen molar-refractivity contribution < 1.29 is 14.6 Å². The third-order valence-electron chi connectivity index (χ3n) is 2.96. The molecule has 0 bridgehead atoms. The number of nitrogens with zero attached hydrogens (tertiary/aromatic N) is 1. The molecule has 0 saturated carbocycles. The number of hydrogen-bond donors (Lipinski definition) is 1. The number of ether oxygens (including phenoxy) is 1. The quantitative estimate of drug-likeness (QED) is 0.917. The Kier molecular flexibility index (Phi) is 4.71. The highest BCUT2D eigenvalue weighted by Crippen LogP contribution is 2.21. The number of rotatable bonds is 3. The van der Waals surface area contributed by atoms with Gasteiger partial charge >= 0.3 is 6.09 Å². The van der Waals surface area contributed by atoms with E-state index in [0.29, 0.717) is 6.54 Å². The third kappa shape index (κ3) is 4.52. The molecule has 0 fully saturated rings. The molecule has 4 heteroatoms. The number of aromatic hydroxyl groups is 1. The second-order valence-corrected chi connectivity index (χ2v) is 6.07. The molecule has 0 aliphatic rings. The fourth-order valence-corrected chi connectivity index (χ4v) is 1.97. The van der Waals surface area contributed by atoms with Gasteiger partial charge in [0.1, 0.15) is 11.4 Å². The van der Waals surface area contributed by atoms with Crippen LogP contribution in [-0.4, -0.2) is 16.8 Å². The maximum Gasteiger partial charge on any atom is 0.415 e. The number of carbonyl (C=O) groups excluding carboxylic acids is 1. The molecule has 0 aliphatic carbocycles. The summed E-state index contributed by atoms with van der Waals surface area (Å²) < 4.78 is 5.49. The van der Waals surface area contributed by atoms with Gasteiger partial charge in [0.2, 0.25) is 0 Å². The summed E-state index contributed by atoms with van der Waals surface area (Å²) in [5.74, 6) is 0.201. The lowest BCUT2D eigenvalue weighted by molar-refractivity contribution is 0.0577. The van der Waals surface area contributed by atoms with Crippen molar-refractivity contribution in [3.63, 3.8) is 0 Å². The van der Waals surface area contributed by atoms with E-state index in [0.717, 1.165) is 11.3 Å². The molecular formula is C18H21NO3. The summed E-state index contributed by atoms with van der Waals surface area (Å²) in [5.41, 5.74) is 1.12. The van der Waals surface area contributed by atoms with Gasteiger partial charge in [0.05, 0.1) is 6.54 Å². The molecule has 0 aromatic heterocycles. The minimum Gasteiger partial charge on any atom is -0.508 e. The minimum absolute atomic E-state index is 0.201. The van der Waals surface area contributed by atoms with E-state index in [1.165, 1.54) is 0 Å². The van der Waals surface area contributed by atoms with Gasteiger partial charge in [0.25, 0.3) is 0 Å². The second kappa shape index (κ2) is 6.52. The summed E-state index contributed by atoms with van der Waals surface area (Å²) >= 11 is 0. The average molecular weight is 299 g/mol. The van der Waals surface area contributed by atoms with Gasteiger partial charge in [0, 0.05) is 5.69 Å². The number of benzene rings is 2. The molecule has 1 amide bonds. The van der Waals surface area contributed by atoms with E-state index in [9.17, 15) is 9.90 Å². The first-order chi connectivity index (χ1) is 10.3. The molecule has 2 aromatic rings. The van der Waals surface area contributed by atoms with Crippen LogP contribution in [0.1, 0.15) is 26.3 Å². The smallest absolute Gasteiger partial charge is 0.415 e. The van der Waals surface area contributed by atoms with Crippen LogP contribution in [0.15, 0.2) is 54.6 Å². The second-order valence-electron chi connectivity index (χ2n) is 6.07. The molecular weight excluding hydrogens is 278 g/mol. The first-order valence-corrected chi connectivity index (χ1v) is 7.19. The first-order valence-electron chi connectivity index (χ1n) is 7.19. The van der Waals surface area contributed by atoms with E-state index < -0.39 is 11.7 Å². The van der Waals surface area contributed by atoms with E-state index >= 15 is 0 Å². The van der Waals surface area contributed by atoms with Crippen molar-refractivity contribution in [3.05, 3.63) is 60.2 Å². The van der Waals surface area contributed by atoms with E-state index in [-0.39, 0.29) is 5.75 Å². The average Bonchev–Trinajstić information content (AvgIpc) is 2.45. The van der Waals surface area contributed by atoms with Crippen molar-refractivity contribution in [1.82, 2.24) is 0 Å². The van der Waals surface area contributed by atoms with Crippen LogP contribution < -0.4 is 4.90 Å². The molecule has 0 spiro atoms. The highest BCUT2D eigenvalue weighted by atomic mass is 16.6. The van der Waals surface area contributed by atoms with Gasteiger partial charge in [-0.25, -0.2) is 4.79 Å². The van der Waals surface area contributed by atoms with Gasteiger partial charge in [-0.15, -0.1) is 0 Å². The molecule has 116 valence electrons. The number of hydrogen-bond acceptors (Lipinski definition) is 3. The lowest BCUT2D eigenvalue weighted by atomic mass is 10.2. The van der Waals surface area contributed by atoms with Gasteiger partial charge in [-0.05, 0) is 50.6 Å². The van der Waals surface area contributed by atoms with Crippen LogP contribution in [0.4, 0.5) is 10.5 Å². The fraction of sp³-hybridized carbons (Fsp3) is 0.278. The normalized spacial score (nSPS) is 11.0. The van der Waals surface area contributed by atoms with E-state index in [1.54, 1.807) is 29.2 Å². The van der Waals surface area contributed by atoms with Crippen molar-refractivity contribution in [1.29, 1.82) is 0 Å². The number of phenols is 1. The molecule has 22 heavy (non-hydrogen) atoms. The minimum atomic E-state index is -0.556. The summed E-state index contributed by atoms with van der Waals surface area (Å²) in [6, 6.07) is 16.2. The summed E-state index contributed by atoms with van der Waals surface area (Å²) in [4.78, 5) is 14.1. The molecule has 0 heterocycles. The Morgan fingerprint density at radius 2 is 1.64 bits per heavy atom. The largest absolute Gasteiger partial charge is 0.508 e. The van der Waals surface area contributed by atoms with Crippen molar-refractivity contribution in [3.8, 4) is 5.75 Å². The third-order valence-corrected chi connectivity index (χ3v) is 2.96. The zero-order chi connectivity index (χ0) is 16.2. The number of amides is 1. The Balaban J connectivity index is 2.25. The topological polar surface area (TPSA) is 49.8 Å². The van der Waals surface area contributed by atoms with Gasteiger partial charge in [-0.1, -0.05) is 30.3 Å². The van der Waals surface area contributed by atoms with Crippen molar-refractivity contribution in [2.45, 2.75) is 32.9 Å². The van der Waals surface area contributed by atoms with Crippen molar-refractivity contribution in [2.24, 2.45) is 0 Å². The van der Waals surface area contributed by atoms with Crippen molar-refractivity contribution >= 4 is 11.8 Å². The summed E-state index contributed by atoms with van der Waals surface area (Å²) in [6.45, 7) is 5.90. The Morgan fingerprint density at radius 1 is 1.05 bits per heavy atom. The van der Waals surface area contributed by atoms with E-state index in [2.05, 4.69) is 0 Å². The summed E-state index contributed by atoms with van der Waals surface area (Å²) in [5, 5.41) is 9.36. The van der Waals surface area contributed by atoms with Crippen LogP contribution in [-0.2, 0) is 11.3 Å².